The molecule has 0 bridgehead atoms. The van der Waals surface area contributed by atoms with E-state index >= 15 is 0 Å². The van der Waals surface area contributed by atoms with Crippen LogP contribution in [0.2, 0.25) is 0 Å². The predicted octanol–water partition coefficient (Wildman–Crippen LogP) is 4.58. The lowest BCUT2D eigenvalue weighted by Gasteiger charge is -2.14. The van der Waals surface area contributed by atoms with Crippen LogP contribution in [-0.4, -0.2) is 27.9 Å². The van der Waals surface area contributed by atoms with Gasteiger partial charge in [-0.05, 0) is 37.1 Å². The molecule has 0 spiro atoms. The smallest absolute Gasteiger partial charge is 0.227 e. The fourth-order valence-electron chi connectivity index (χ4n) is 3.68. The number of hydrogen-bond acceptors (Lipinski definition) is 4. The number of benzene rings is 1. The third kappa shape index (κ3) is 3.94. The lowest BCUT2D eigenvalue weighted by molar-refractivity contribution is -0.120. The van der Waals surface area contributed by atoms with Crippen LogP contribution < -0.4 is 10.6 Å². The maximum Gasteiger partial charge on any atom is 0.227 e. The van der Waals surface area contributed by atoms with Gasteiger partial charge in [-0.15, -0.1) is 0 Å². The highest BCUT2D eigenvalue weighted by Gasteiger charge is 2.20. The Labute approximate surface area is 158 Å². The number of imidazole rings is 1. The number of carbonyl (C=O) groups excluding carboxylic acids is 1. The lowest BCUT2D eigenvalue weighted by Crippen LogP contribution is -2.22. The average molecular weight is 363 g/mol. The normalized spacial score (nSPS) is 15.4. The zero-order chi connectivity index (χ0) is 18.6. The Balaban J connectivity index is 1.47. The molecule has 2 aromatic heterocycles. The number of amides is 1. The Kier molecular flexibility index (Phi) is 5.05. The molecule has 0 aliphatic heterocycles. The van der Waals surface area contributed by atoms with Crippen LogP contribution in [0, 0.1) is 5.92 Å². The van der Waals surface area contributed by atoms with Gasteiger partial charge in [-0.3, -0.25) is 4.79 Å². The highest BCUT2D eigenvalue weighted by atomic mass is 16.1. The number of hydrogen-bond donors (Lipinski definition) is 3. The molecule has 3 aromatic rings. The van der Waals surface area contributed by atoms with E-state index < -0.39 is 0 Å². The molecule has 6 nitrogen and oxygen atoms in total. The second kappa shape index (κ2) is 7.78. The molecule has 27 heavy (non-hydrogen) atoms. The van der Waals surface area contributed by atoms with Gasteiger partial charge in [0.1, 0.15) is 11.6 Å². The summed E-state index contributed by atoms with van der Waals surface area (Å²) in [5.41, 5.74) is 3.58. The Hall–Kier alpha value is -2.89. The first-order valence-electron chi connectivity index (χ1n) is 9.68. The van der Waals surface area contributed by atoms with Crippen molar-refractivity contribution in [2.24, 2.45) is 5.92 Å². The molecule has 3 N–H and O–H groups in total. The van der Waals surface area contributed by atoms with Crippen molar-refractivity contribution in [1.29, 1.82) is 0 Å². The molecule has 1 amide bonds. The van der Waals surface area contributed by atoms with Gasteiger partial charge in [0, 0.05) is 30.3 Å². The molecule has 140 valence electrons. The van der Waals surface area contributed by atoms with Crippen molar-refractivity contribution in [1.82, 2.24) is 15.0 Å². The van der Waals surface area contributed by atoms with Crippen LogP contribution >= 0.6 is 0 Å². The number of nitrogens with zero attached hydrogens (tertiary/aromatic N) is 2. The van der Waals surface area contributed by atoms with Crippen molar-refractivity contribution in [3.05, 3.63) is 36.5 Å². The maximum atomic E-state index is 12.5. The molecule has 1 aromatic carbocycles. The van der Waals surface area contributed by atoms with E-state index in [9.17, 15) is 4.79 Å². The Bertz CT molecular complexity index is 923. The second-order valence-electron chi connectivity index (χ2n) is 7.18. The van der Waals surface area contributed by atoms with E-state index in [1.54, 1.807) is 6.20 Å². The molecule has 0 unspecified atom stereocenters. The number of aromatic nitrogens is 3. The largest absolute Gasteiger partial charge is 0.373 e. The van der Waals surface area contributed by atoms with Gasteiger partial charge in [-0.2, -0.15) is 0 Å². The van der Waals surface area contributed by atoms with Gasteiger partial charge in [0.05, 0.1) is 17.2 Å². The average Bonchev–Trinajstić information content (AvgIpc) is 2.92. The molecule has 0 saturated heterocycles. The van der Waals surface area contributed by atoms with Crippen molar-refractivity contribution < 1.29 is 4.79 Å². The van der Waals surface area contributed by atoms with Crippen LogP contribution in [0.3, 0.4) is 0 Å². The van der Waals surface area contributed by atoms with Crippen LogP contribution in [-0.2, 0) is 4.79 Å². The Morgan fingerprint density at radius 3 is 2.56 bits per heavy atom. The number of H-pyrrole nitrogens is 1. The summed E-state index contributed by atoms with van der Waals surface area (Å²) in [7, 11) is 1.84. The van der Waals surface area contributed by atoms with Crippen LogP contribution in [0.1, 0.15) is 38.5 Å². The molecule has 0 atom stereocenters. The minimum absolute atomic E-state index is 0.149. The van der Waals surface area contributed by atoms with Gasteiger partial charge in [-0.25, -0.2) is 9.97 Å². The first-order valence-corrected chi connectivity index (χ1v) is 9.68. The zero-order valence-corrected chi connectivity index (χ0v) is 15.6. The summed E-state index contributed by atoms with van der Waals surface area (Å²) in [6.45, 7) is 0. The molecule has 2 heterocycles. The molecule has 0 radical (unpaired) electrons. The number of nitrogens with one attached hydrogen (secondary N) is 3. The minimum Gasteiger partial charge on any atom is -0.373 e. The highest BCUT2D eigenvalue weighted by molar-refractivity contribution is 5.92. The number of aromatic amines is 1. The van der Waals surface area contributed by atoms with E-state index in [0.717, 1.165) is 59.6 Å². The predicted molar refractivity (Wildman–Crippen MR) is 109 cm³/mol. The first kappa shape index (κ1) is 17.5. The fraction of sp³-hybridized carbons (Fsp3) is 0.381. The van der Waals surface area contributed by atoms with E-state index in [2.05, 4.69) is 25.6 Å². The monoisotopic (exact) mass is 363 g/mol. The third-order valence-corrected chi connectivity index (χ3v) is 5.28. The lowest BCUT2D eigenvalue weighted by atomic mass is 9.99. The summed E-state index contributed by atoms with van der Waals surface area (Å²) in [6.07, 6.45) is 8.61. The summed E-state index contributed by atoms with van der Waals surface area (Å²) in [5, 5.41) is 6.09. The van der Waals surface area contributed by atoms with Crippen LogP contribution in [0.5, 0.6) is 0 Å². The summed E-state index contributed by atoms with van der Waals surface area (Å²) in [6, 6.07) is 9.75. The van der Waals surface area contributed by atoms with Crippen LogP contribution in [0.15, 0.2) is 36.5 Å². The summed E-state index contributed by atoms with van der Waals surface area (Å²) in [4.78, 5) is 24.7. The van der Waals surface area contributed by atoms with Crippen molar-refractivity contribution in [2.45, 2.75) is 38.5 Å². The summed E-state index contributed by atoms with van der Waals surface area (Å²) >= 11 is 0. The van der Waals surface area contributed by atoms with Crippen molar-refractivity contribution in [2.75, 3.05) is 17.7 Å². The molecular formula is C21H25N5O. The molecule has 1 aliphatic rings. The third-order valence-electron chi connectivity index (χ3n) is 5.28. The number of anilines is 2. The maximum absolute atomic E-state index is 12.5. The number of pyridine rings is 1. The van der Waals surface area contributed by atoms with Gasteiger partial charge in [0.25, 0.3) is 0 Å². The van der Waals surface area contributed by atoms with E-state index in [1.165, 1.54) is 12.8 Å². The Morgan fingerprint density at radius 2 is 1.85 bits per heavy atom. The topological polar surface area (TPSA) is 82.7 Å². The molecule has 6 heteroatoms. The van der Waals surface area contributed by atoms with Gasteiger partial charge in [0.15, 0.2) is 0 Å². The fourth-order valence-corrected chi connectivity index (χ4v) is 3.68. The molecule has 1 aliphatic carbocycles. The van der Waals surface area contributed by atoms with Crippen LogP contribution in [0.25, 0.3) is 22.4 Å². The van der Waals surface area contributed by atoms with Gasteiger partial charge in [-0.1, -0.05) is 25.7 Å². The number of rotatable bonds is 4. The summed E-state index contributed by atoms with van der Waals surface area (Å²) in [5.74, 6) is 1.88. The van der Waals surface area contributed by atoms with Gasteiger partial charge >= 0.3 is 0 Å². The number of carbonyl (C=O) groups is 1. The summed E-state index contributed by atoms with van der Waals surface area (Å²) < 4.78 is 0. The highest BCUT2D eigenvalue weighted by Crippen LogP contribution is 2.26. The van der Waals surface area contributed by atoms with Crippen LogP contribution in [0.4, 0.5) is 11.5 Å². The first-order chi connectivity index (χ1) is 13.2. The number of fused-ring (bicyclic) bond motifs is 1. The molecular weight excluding hydrogens is 338 g/mol. The molecule has 1 fully saturated rings. The van der Waals surface area contributed by atoms with Crippen molar-refractivity contribution in [3.63, 3.8) is 0 Å². The van der Waals surface area contributed by atoms with Gasteiger partial charge in [0.2, 0.25) is 5.91 Å². The quantitative estimate of drug-likeness (QED) is 0.593. The standard InChI is InChI=1S/C21H25N5O/c1-22-19-12-17-18(13-23-19)26-20(25-17)14-8-10-16(11-9-14)24-21(27)15-6-4-2-3-5-7-15/h8-13,15H,2-7H2,1H3,(H,22,23)(H,24,27)(H,25,26). The van der Waals surface area contributed by atoms with Crippen molar-refractivity contribution >= 4 is 28.4 Å². The van der Waals surface area contributed by atoms with E-state index in [1.807, 2.05) is 37.4 Å². The van der Waals surface area contributed by atoms with E-state index in [4.69, 9.17) is 0 Å². The Morgan fingerprint density at radius 1 is 1.11 bits per heavy atom. The second-order valence-corrected chi connectivity index (χ2v) is 7.18. The SMILES string of the molecule is CNc1cc2nc(-c3ccc(NC(=O)C4CCCCCC4)cc3)[nH]c2cn1. The minimum atomic E-state index is 0.149. The molecule has 4 rings (SSSR count). The zero-order valence-electron chi connectivity index (χ0n) is 15.6. The van der Waals surface area contributed by atoms with Gasteiger partial charge < -0.3 is 15.6 Å². The van der Waals surface area contributed by atoms with E-state index in [-0.39, 0.29) is 11.8 Å². The van der Waals surface area contributed by atoms with Crippen molar-refractivity contribution in [3.8, 4) is 11.4 Å². The molecule has 1 saturated carbocycles. The van der Waals surface area contributed by atoms with E-state index in [0.29, 0.717) is 0 Å².